The first-order valence-electron chi connectivity index (χ1n) is 8.43. The van der Waals surface area contributed by atoms with E-state index < -0.39 is 0 Å². The minimum absolute atomic E-state index is 0.0219. The Kier molecular flexibility index (Phi) is 4.94. The lowest BCUT2D eigenvalue weighted by atomic mass is 10.1. The Morgan fingerprint density at radius 2 is 2.08 bits per heavy atom. The number of amides is 1. The van der Waals surface area contributed by atoms with Crippen LogP contribution in [-0.4, -0.2) is 15.5 Å². The number of hydrogen-bond acceptors (Lipinski definition) is 2. The van der Waals surface area contributed by atoms with Gasteiger partial charge < -0.3 is 9.88 Å². The second kappa shape index (κ2) is 7.30. The van der Waals surface area contributed by atoms with Crippen molar-refractivity contribution in [2.45, 2.75) is 39.3 Å². The van der Waals surface area contributed by atoms with Gasteiger partial charge in [0.2, 0.25) is 5.91 Å². The molecular weight excluding hydrogens is 298 g/mol. The van der Waals surface area contributed by atoms with Crippen LogP contribution < -0.4 is 5.32 Å². The Balaban J connectivity index is 1.65. The Morgan fingerprint density at radius 3 is 2.83 bits per heavy atom. The van der Waals surface area contributed by atoms with Crippen molar-refractivity contribution in [3.05, 3.63) is 66.1 Å². The second-order valence-corrected chi connectivity index (χ2v) is 6.06. The van der Waals surface area contributed by atoms with Gasteiger partial charge in [-0.25, -0.2) is 0 Å². The van der Waals surface area contributed by atoms with E-state index in [1.54, 1.807) is 6.20 Å². The zero-order chi connectivity index (χ0) is 16.9. The van der Waals surface area contributed by atoms with Crippen LogP contribution in [0.2, 0.25) is 0 Å². The molecule has 0 saturated carbocycles. The molecule has 24 heavy (non-hydrogen) atoms. The molecule has 3 aromatic rings. The van der Waals surface area contributed by atoms with Gasteiger partial charge in [-0.15, -0.1) is 0 Å². The molecule has 0 unspecified atom stereocenters. The summed E-state index contributed by atoms with van der Waals surface area (Å²) in [4.78, 5) is 16.5. The van der Waals surface area contributed by atoms with Gasteiger partial charge in [-0.05, 0) is 42.5 Å². The molecule has 2 aromatic heterocycles. The van der Waals surface area contributed by atoms with Gasteiger partial charge in [0.25, 0.3) is 0 Å². The van der Waals surface area contributed by atoms with Crippen LogP contribution in [0.25, 0.3) is 10.9 Å². The van der Waals surface area contributed by atoms with E-state index in [2.05, 4.69) is 46.9 Å². The van der Waals surface area contributed by atoms with Crippen LogP contribution in [0.1, 0.15) is 37.1 Å². The van der Waals surface area contributed by atoms with Crippen molar-refractivity contribution in [3.63, 3.8) is 0 Å². The highest BCUT2D eigenvalue weighted by Crippen LogP contribution is 2.20. The van der Waals surface area contributed by atoms with Gasteiger partial charge in [-0.2, -0.15) is 0 Å². The minimum atomic E-state index is 0.0219. The fourth-order valence-corrected chi connectivity index (χ4v) is 3.13. The van der Waals surface area contributed by atoms with E-state index in [4.69, 9.17) is 0 Å². The Morgan fingerprint density at radius 1 is 1.25 bits per heavy atom. The van der Waals surface area contributed by atoms with Crippen LogP contribution in [0.3, 0.4) is 0 Å². The topological polar surface area (TPSA) is 46.9 Å². The summed E-state index contributed by atoms with van der Waals surface area (Å²) in [5.41, 5.74) is 3.42. The zero-order valence-electron chi connectivity index (χ0n) is 14.2. The zero-order valence-corrected chi connectivity index (χ0v) is 14.2. The molecule has 0 aliphatic carbocycles. The molecule has 124 valence electrons. The standard InChI is InChI=1S/C20H23N3O/c1-3-18(17-8-6-11-21-14-17)22-20(24)10-12-23-15(2)13-16-7-4-5-9-19(16)23/h4-9,11,13-14,18H,3,10,12H2,1-2H3,(H,22,24)/t18-/m0/s1. The van der Waals surface area contributed by atoms with Crippen molar-refractivity contribution in [2.75, 3.05) is 0 Å². The highest BCUT2D eigenvalue weighted by atomic mass is 16.1. The molecule has 0 bridgehead atoms. The van der Waals surface area contributed by atoms with Crippen molar-refractivity contribution in [1.29, 1.82) is 0 Å². The minimum Gasteiger partial charge on any atom is -0.349 e. The first-order valence-corrected chi connectivity index (χ1v) is 8.43. The summed E-state index contributed by atoms with van der Waals surface area (Å²) in [6.07, 6.45) is 4.88. The van der Waals surface area contributed by atoms with E-state index in [0.717, 1.165) is 12.0 Å². The summed E-state index contributed by atoms with van der Waals surface area (Å²) in [6.45, 7) is 4.85. The van der Waals surface area contributed by atoms with Crippen LogP contribution in [0.5, 0.6) is 0 Å². The van der Waals surface area contributed by atoms with E-state index in [0.29, 0.717) is 13.0 Å². The summed E-state index contributed by atoms with van der Waals surface area (Å²) in [6, 6.07) is 14.4. The predicted octanol–water partition coefficient (Wildman–Crippen LogP) is 4.00. The molecule has 0 saturated heterocycles. The Hall–Kier alpha value is -2.62. The van der Waals surface area contributed by atoms with E-state index in [1.807, 2.05) is 30.5 Å². The van der Waals surface area contributed by atoms with Crippen molar-refractivity contribution >= 4 is 16.8 Å². The van der Waals surface area contributed by atoms with E-state index in [1.165, 1.54) is 16.6 Å². The lowest BCUT2D eigenvalue weighted by Crippen LogP contribution is -2.29. The molecule has 1 atom stereocenters. The molecule has 0 aliphatic heterocycles. The largest absolute Gasteiger partial charge is 0.349 e. The SMILES string of the molecule is CC[C@H](NC(=O)CCn1c(C)cc2ccccc21)c1cccnc1. The van der Waals surface area contributed by atoms with Gasteiger partial charge in [0, 0.05) is 36.6 Å². The van der Waals surface area contributed by atoms with Crippen molar-refractivity contribution in [3.8, 4) is 0 Å². The number of rotatable bonds is 6. The maximum absolute atomic E-state index is 12.4. The highest BCUT2D eigenvalue weighted by molar-refractivity contribution is 5.82. The predicted molar refractivity (Wildman–Crippen MR) is 96.7 cm³/mol. The Labute approximate surface area is 142 Å². The summed E-state index contributed by atoms with van der Waals surface area (Å²) in [5, 5.41) is 4.34. The van der Waals surface area contributed by atoms with Gasteiger partial charge in [-0.3, -0.25) is 9.78 Å². The number of benzene rings is 1. The monoisotopic (exact) mass is 321 g/mol. The molecule has 4 nitrogen and oxygen atoms in total. The lowest BCUT2D eigenvalue weighted by molar-refractivity contribution is -0.122. The van der Waals surface area contributed by atoms with Crippen LogP contribution in [-0.2, 0) is 11.3 Å². The van der Waals surface area contributed by atoms with Crippen molar-refractivity contribution in [1.82, 2.24) is 14.9 Å². The van der Waals surface area contributed by atoms with Crippen molar-refractivity contribution < 1.29 is 4.79 Å². The smallest absolute Gasteiger partial charge is 0.222 e. The third-order valence-electron chi connectivity index (χ3n) is 4.41. The molecular formula is C20H23N3O. The van der Waals surface area contributed by atoms with Crippen LogP contribution in [0.4, 0.5) is 0 Å². The summed E-state index contributed by atoms with van der Waals surface area (Å²) < 4.78 is 2.21. The highest BCUT2D eigenvalue weighted by Gasteiger charge is 2.13. The van der Waals surface area contributed by atoms with Crippen molar-refractivity contribution in [2.24, 2.45) is 0 Å². The maximum atomic E-state index is 12.4. The first-order chi connectivity index (χ1) is 11.7. The van der Waals surface area contributed by atoms with Gasteiger partial charge in [-0.1, -0.05) is 31.2 Å². The number of aromatic nitrogens is 2. The number of carbonyl (C=O) groups is 1. The molecule has 0 aliphatic rings. The number of fused-ring (bicyclic) bond motifs is 1. The van der Waals surface area contributed by atoms with E-state index in [-0.39, 0.29) is 11.9 Å². The van der Waals surface area contributed by atoms with Gasteiger partial charge in [0.05, 0.1) is 6.04 Å². The molecule has 0 spiro atoms. The van der Waals surface area contributed by atoms with Gasteiger partial charge in [0.15, 0.2) is 0 Å². The molecule has 4 heteroatoms. The third-order valence-corrected chi connectivity index (χ3v) is 4.41. The summed E-state index contributed by atoms with van der Waals surface area (Å²) in [5.74, 6) is 0.0721. The third kappa shape index (κ3) is 3.48. The van der Waals surface area contributed by atoms with Crippen LogP contribution >= 0.6 is 0 Å². The van der Waals surface area contributed by atoms with Crippen LogP contribution in [0, 0.1) is 6.92 Å². The van der Waals surface area contributed by atoms with Crippen LogP contribution in [0.15, 0.2) is 54.9 Å². The molecule has 1 N–H and O–H groups in total. The quantitative estimate of drug-likeness (QED) is 0.746. The fraction of sp³-hybridized carbons (Fsp3) is 0.300. The maximum Gasteiger partial charge on any atom is 0.222 e. The lowest BCUT2D eigenvalue weighted by Gasteiger charge is -2.17. The van der Waals surface area contributed by atoms with E-state index in [9.17, 15) is 4.79 Å². The molecule has 3 rings (SSSR count). The summed E-state index contributed by atoms with van der Waals surface area (Å²) in [7, 11) is 0. The summed E-state index contributed by atoms with van der Waals surface area (Å²) >= 11 is 0. The number of carbonyl (C=O) groups excluding carboxylic acids is 1. The second-order valence-electron chi connectivity index (χ2n) is 6.06. The molecule has 0 fully saturated rings. The number of hydrogen-bond donors (Lipinski definition) is 1. The normalized spacial score (nSPS) is 12.2. The number of aryl methyl sites for hydroxylation is 2. The number of para-hydroxylation sites is 1. The molecule has 1 amide bonds. The van der Waals surface area contributed by atoms with Gasteiger partial charge in [0.1, 0.15) is 0 Å². The average Bonchev–Trinajstić information content (AvgIpc) is 2.93. The molecule has 0 radical (unpaired) electrons. The molecule has 1 aromatic carbocycles. The van der Waals surface area contributed by atoms with Gasteiger partial charge >= 0.3 is 0 Å². The van der Waals surface area contributed by atoms with E-state index >= 15 is 0 Å². The Bertz CT molecular complexity index is 823. The average molecular weight is 321 g/mol. The fourth-order valence-electron chi connectivity index (χ4n) is 3.13. The number of nitrogens with zero attached hydrogens (tertiary/aromatic N) is 2. The number of pyridine rings is 1. The number of nitrogens with one attached hydrogen (secondary N) is 1. The molecule has 2 heterocycles. The first kappa shape index (κ1) is 16.2.